The molecular formula is C20H19ClFNO2S. The molecule has 1 aromatic heterocycles. The summed E-state index contributed by atoms with van der Waals surface area (Å²) in [7, 11) is 0. The van der Waals surface area contributed by atoms with E-state index in [0.29, 0.717) is 17.3 Å². The first kappa shape index (κ1) is 18.8. The molecule has 0 bridgehead atoms. The van der Waals surface area contributed by atoms with Crippen LogP contribution in [0.15, 0.2) is 47.4 Å². The van der Waals surface area contributed by atoms with Crippen LogP contribution in [0.4, 0.5) is 4.39 Å². The van der Waals surface area contributed by atoms with Crippen LogP contribution in [0.2, 0.25) is 5.02 Å². The predicted molar refractivity (Wildman–Crippen MR) is 105 cm³/mol. The number of fused-ring (bicyclic) bond motifs is 1. The van der Waals surface area contributed by atoms with E-state index < -0.39 is 11.4 Å². The zero-order valence-corrected chi connectivity index (χ0v) is 16.3. The number of nitrogens with zero attached hydrogens (tertiary/aromatic N) is 1. The first-order chi connectivity index (χ1) is 12.3. The highest BCUT2D eigenvalue weighted by molar-refractivity contribution is 7.98. The average molecular weight is 392 g/mol. The van der Waals surface area contributed by atoms with Crippen LogP contribution in [-0.4, -0.2) is 21.9 Å². The molecule has 0 amide bonds. The zero-order chi connectivity index (χ0) is 19.1. The van der Waals surface area contributed by atoms with Gasteiger partial charge in [-0.3, -0.25) is 4.79 Å². The van der Waals surface area contributed by atoms with Gasteiger partial charge in [0, 0.05) is 33.1 Å². The van der Waals surface area contributed by atoms with Crippen LogP contribution in [0.25, 0.3) is 10.9 Å². The summed E-state index contributed by atoms with van der Waals surface area (Å²) in [6, 6.07) is 12.0. The van der Waals surface area contributed by atoms with Gasteiger partial charge in [0.1, 0.15) is 11.2 Å². The van der Waals surface area contributed by atoms with Crippen LogP contribution in [0.1, 0.15) is 25.1 Å². The van der Waals surface area contributed by atoms with E-state index in [4.69, 9.17) is 11.6 Å². The van der Waals surface area contributed by atoms with Crippen LogP contribution >= 0.6 is 23.4 Å². The van der Waals surface area contributed by atoms with Gasteiger partial charge < -0.3 is 9.67 Å². The molecule has 0 radical (unpaired) electrons. The second-order valence-electron chi connectivity index (χ2n) is 6.69. The number of aliphatic carboxylic acids is 1. The monoisotopic (exact) mass is 391 g/mol. The van der Waals surface area contributed by atoms with E-state index in [1.807, 2.05) is 23.0 Å². The minimum atomic E-state index is -1.12. The normalized spacial score (nSPS) is 11.9. The molecule has 26 heavy (non-hydrogen) atoms. The van der Waals surface area contributed by atoms with Crippen molar-refractivity contribution in [1.82, 2.24) is 4.57 Å². The molecule has 6 heteroatoms. The summed E-state index contributed by atoms with van der Waals surface area (Å²) in [5.74, 6) is -1.26. The second kappa shape index (κ2) is 6.97. The van der Waals surface area contributed by atoms with E-state index in [9.17, 15) is 14.3 Å². The lowest BCUT2D eigenvalue weighted by Gasteiger charge is -2.24. The fourth-order valence-electron chi connectivity index (χ4n) is 3.16. The summed E-state index contributed by atoms with van der Waals surface area (Å²) in [4.78, 5) is 12.8. The van der Waals surface area contributed by atoms with E-state index in [-0.39, 0.29) is 5.82 Å². The number of carboxylic acid groups (broad SMARTS) is 1. The Kier molecular flexibility index (Phi) is 5.04. The third-order valence-corrected chi connectivity index (χ3v) is 5.64. The van der Waals surface area contributed by atoms with Crippen molar-refractivity contribution in [2.75, 3.05) is 6.26 Å². The van der Waals surface area contributed by atoms with E-state index in [1.165, 1.54) is 23.9 Å². The highest BCUT2D eigenvalue weighted by Gasteiger charge is 2.36. The Balaban J connectivity index is 2.31. The molecule has 0 aliphatic carbocycles. The van der Waals surface area contributed by atoms with Gasteiger partial charge in [-0.2, -0.15) is 0 Å². The lowest BCUT2D eigenvalue weighted by molar-refractivity contribution is -0.142. The van der Waals surface area contributed by atoms with Crippen molar-refractivity contribution in [3.05, 3.63) is 64.6 Å². The van der Waals surface area contributed by atoms with Crippen molar-refractivity contribution in [3.63, 3.8) is 0 Å². The van der Waals surface area contributed by atoms with E-state index in [2.05, 4.69) is 0 Å². The smallest absolute Gasteiger partial charge is 0.315 e. The minimum Gasteiger partial charge on any atom is -0.481 e. The molecule has 1 heterocycles. The second-order valence-corrected chi connectivity index (χ2v) is 7.94. The van der Waals surface area contributed by atoms with Crippen molar-refractivity contribution < 1.29 is 14.3 Å². The topological polar surface area (TPSA) is 42.2 Å². The number of carbonyl (C=O) groups is 1. The Morgan fingerprint density at radius 3 is 2.46 bits per heavy atom. The molecule has 0 saturated carbocycles. The molecule has 0 aliphatic rings. The molecule has 3 rings (SSSR count). The standard InChI is InChI=1S/C20H19ClFNO2S/c1-20(2,19(24)25)18-17(26-3)15-10-14(22)8-9-16(15)23(18)11-12-4-6-13(21)7-5-12/h4-10H,11H2,1-3H3,(H,24,25). The fourth-order valence-corrected chi connectivity index (χ4v) is 4.23. The van der Waals surface area contributed by atoms with Gasteiger partial charge in [0.25, 0.3) is 0 Å². The van der Waals surface area contributed by atoms with Crippen LogP contribution in [0.5, 0.6) is 0 Å². The Bertz CT molecular complexity index is 980. The minimum absolute atomic E-state index is 0.337. The maximum absolute atomic E-state index is 13.9. The Morgan fingerprint density at radius 1 is 1.23 bits per heavy atom. The van der Waals surface area contributed by atoms with Gasteiger partial charge in [0.15, 0.2) is 0 Å². The summed E-state index contributed by atoms with van der Waals surface area (Å²) >= 11 is 7.41. The van der Waals surface area contributed by atoms with Gasteiger partial charge in [-0.15, -0.1) is 11.8 Å². The molecule has 0 unspecified atom stereocenters. The molecular weight excluding hydrogens is 373 g/mol. The summed E-state index contributed by atoms with van der Waals surface area (Å²) < 4.78 is 15.8. The maximum atomic E-state index is 13.9. The summed E-state index contributed by atoms with van der Waals surface area (Å²) in [5.41, 5.74) is 1.36. The zero-order valence-electron chi connectivity index (χ0n) is 14.7. The molecule has 3 nitrogen and oxygen atoms in total. The first-order valence-corrected chi connectivity index (χ1v) is 9.70. The van der Waals surface area contributed by atoms with Crippen molar-refractivity contribution >= 4 is 40.2 Å². The first-order valence-electron chi connectivity index (χ1n) is 8.09. The Labute approximate surface area is 160 Å². The largest absolute Gasteiger partial charge is 0.481 e. The van der Waals surface area contributed by atoms with Gasteiger partial charge in [-0.05, 0) is 56.0 Å². The van der Waals surface area contributed by atoms with Gasteiger partial charge in [0.05, 0.1) is 0 Å². The van der Waals surface area contributed by atoms with Gasteiger partial charge in [-0.25, -0.2) is 4.39 Å². The third-order valence-electron chi connectivity index (χ3n) is 4.56. The van der Waals surface area contributed by atoms with Crippen LogP contribution < -0.4 is 0 Å². The average Bonchev–Trinajstić information content (AvgIpc) is 2.90. The van der Waals surface area contributed by atoms with E-state index in [1.54, 1.807) is 32.0 Å². The lowest BCUT2D eigenvalue weighted by Crippen LogP contribution is -2.32. The molecule has 1 N–H and O–H groups in total. The number of thioether (sulfide) groups is 1. The van der Waals surface area contributed by atoms with Crippen molar-refractivity contribution in [2.45, 2.75) is 30.7 Å². The Hall–Kier alpha value is -1.98. The number of aromatic nitrogens is 1. The van der Waals surface area contributed by atoms with E-state index in [0.717, 1.165) is 21.4 Å². The summed E-state index contributed by atoms with van der Waals surface area (Å²) in [6.45, 7) is 3.84. The van der Waals surface area contributed by atoms with Crippen molar-refractivity contribution in [2.24, 2.45) is 0 Å². The third kappa shape index (κ3) is 3.21. The lowest BCUT2D eigenvalue weighted by atomic mass is 9.89. The molecule has 3 aromatic rings. The van der Waals surface area contributed by atoms with Crippen LogP contribution in [0, 0.1) is 5.82 Å². The predicted octanol–water partition coefficient (Wildman–Crippen LogP) is 5.57. The fraction of sp³-hybridized carbons (Fsp3) is 0.250. The SMILES string of the molecule is CSc1c(C(C)(C)C(=O)O)n(Cc2ccc(Cl)cc2)c2ccc(F)cc12. The number of benzene rings is 2. The molecule has 2 aromatic carbocycles. The number of hydrogen-bond acceptors (Lipinski definition) is 2. The van der Waals surface area contributed by atoms with Crippen molar-refractivity contribution in [1.29, 1.82) is 0 Å². The summed E-state index contributed by atoms with van der Waals surface area (Å²) in [5, 5.41) is 11.2. The molecule has 0 spiro atoms. The number of halogens is 2. The number of carboxylic acids is 1. The molecule has 136 valence electrons. The van der Waals surface area contributed by atoms with Crippen LogP contribution in [-0.2, 0) is 16.8 Å². The molecule has 0 aliphatic heterocycles. The Morgan fingerprint density at radius 2 is 1.88 bits per heavy atom. The number of hydrogen-bond donors (Lipinski definition) is 1. The quantitative estimate of drug-likeness (QED) is 0.578. The highest BCUT2D eigenvalue weighted by atomic mass is 35.5. The molecule has 0 fully saturated rings. The molecule has 0 saturated heterocycles. The van der Waals surface area contributed by atoms with Gasteiger partial charge in [-0.1, -0.05) is 23.7 Å². The van der Waals surface area contributed by atoms with Gasteiger partial charge >= 0.3 is 5.97 Å². The van der Waals surface area contributed by atoms with E-state index >= 15 is 0 Å². The van der Waals surface area contributed by atoms with Crippen LogP contribution in [0.3, 0.4) is 0 Å². The number of rotatable bonds is 5. The maximum Gasteiger partial charge on any atom is 0.315 e. The highest BCUT2D eigenvalue weighted by Crippen LogP contribution is 2.40. The van der Waals surface area contributed by atoms with Crippen molar-refractivity contribution in [3.8, 4) is 0 Å². The molecule has 0 atom stereocenters. The van der Waals surface area contributed by atoms with Gasteiger partial charge in [0.2, 0.25) is 0 Å². The summed E-state index contributed by atoms with van der Waals surface area (Å²) in [6.07, 6.45) is 1.88.